The van der Waals surface area contributed by atoms with Gasteiger partial charge in [0.05, 0.1) is 18.3 Å². The van der Waals surface area contributed by atoms with Gasteiger partial charge in [-0.1, -0.05) is 18.2 Å². The quantitative estimate of drug-likeness (QED) is 0.838. The van der Waals surface area contributed by atoms with Gasteiger partial charge in [-0.2, -0.15) is 18.3 Å². The number of nitrogens with zero attached hydrogens (tertiary/aromatic N) is 3. The Balaban J connectivity index is 1.68. The predicted octanol–water partition coefficient (Wildman–Crippen LogP) is 2.83. The van der Waals surface area contributed by atoms with Crippen molar-refractivity contribution in [3.05, 3.63) is 52.8 Å². The van der Waals surface area contributed by atoms with Crippen LogP contribution in [0.5, 0.6) is 0 Å². The third-order valence-corrected chi connectivity index (χ3v) is 4.48. The van der Waals surface area contributed by atoms with E-state index in [1.165, 1.54) is 6.07 Å². The Labute approximate surface area is 149 Å². The molecule has 2 aromatic rings. The van der Waals surface area contributed by atoms with Crippen LogP contribution in [0.1, 0.15) is 27.3 Å². The zero-order valence-corrected chi connectivity index (χ0v) is 14.6. The first-order valence-electron chi connectivity index (χ1n) is 8.31. The van der Waals surface area contributed by atoms with E-state index in [0.717, 1.165) is 17.8 Å². The summed E-state index contributed by atoms with van der Waals surface area (Å²) in [5.74, 6) is -0.189. The van der Waals surface area contributed by atoms with Crippen LogP contribution in [0.15, 0.2) is 30.3 Å². The Bertz CT molecular complexity index is 782. The van der Waals surface area contributed by atoms with Crippen LogP contribution in [0, 0.1) is 6.92 Å². The topological polar surface area (TPSA) is 47.4 Å². The third kappa shape index (κ3) is 4.07. The number of aromatic nitrogens is 2. The molecular weight excluding hydrogens is 347 g/mol. The average molecular weight is 367 g/mol. The Morgan fingerprint density at radius 3 is 2.77 bits per heavy atom. The second kappa shape index (κ2) is 7.11. The standard InChI is InChI=1S/C18H20F3N3O2/c1-12-8-16(22-23(12)2)17(25)24-6-7-26-15(11-24)10-13-4-3-5-14(9-13)18(19,20)21/h3-5,8-9,15H,6-7,10-11H2,1-2H3. The second-order valence-electron chi connectivity index (χ2n) is 6.44. The van der Waals surface area contributed by atoms with Crippen molar-refractivity contribution in [3.8, 4) is 0 Å². The molecule has 0 N–H and O–H groups in total. The van der Waals surface area contributed by atoms with Gasteiger partial charge >= 0.3 is 6.18 Å². The first kappa shape index (κ1) is 18.4. The molecule has 0 radical (unpaired) electrons. The maximum Gasteiger partial charge on any atom is 0.416 e. The fourth-order valence-electron chi connectivity index (χ4n) is 2.99. The van der Waals surface area contributed by atoms with E-state index in [4.69, 9.17) is 4.74 Å². The first-order chi connectivity index (χ1) is 12.2. The fourth-order valence-corrected chi connectivity index (χ4v) is 2.99. The van der Waals surface area contributed by atoms with Crippen molar-refractivity contribution in [2.24, 2.45) is 7.05 Å². The van der Waals surface area contributed by atoms with Crippen molar-refractivity contribution < 1.29 is 22.7 Å². The van der Waals surface area contributed by atoms with Crippen molar-refractivity contribution in [2.45, 2.75) is 25.6 Å². The summed E-state index contributed by atoms with van der Waals surface area (Å²) in [6.07, 6.45) is -4.40. The molecule has 2 heterocycles. The van der Waals surface area contributed by atoms with E-state index < -0.39 is 11.7 Å². The second-order valence-corrected chi connectivity index (χ2v) is 6.44. The van der Waals surface area contributed by atoms with Gasteiger partial charge < -0.3 is 9.64 Å². The minimum atomic E-state index is -4.37. The summed E-state index contributed by atoms with van der Waals surface area (Å²) in [5, 5.41) is 4.19. The van der Waals surface area contributed by atoms with Crippen LogP contribution in [0.3, 0.4) is 0 Å². The summed E-state index contributed by atoms with van der Waals surface area (Å²) in [4.78, 5) is 14.2. The van der Waals surface area contributed by atoms with Gasteiger partial charge in [-0.05, 0) is 24.6 Å². The van der Waals surface area contributed by atoms with E-state index >= 15 is 0 Å². The van der Waals surface area contributed by atoms with Gasteiger partial charge in [-0.25, -0.2) is 0 Å². The summed E-state index contributed by atoms with van der Waals surface area (Å²) in [6, 6.07) is 6.93. The van der Waals surface area contributed by atoms with E-state index in [0.29, 0.717) is 37.4 Å². The number of carbonyl (C=O) groups is 1. The molecule has 0 bridgehead atoms. The van der Waals surface area contributed by atoms with Gasteiger partial charge in [-0.3, -0.25) is 9.48 Å². The van der Waals surface area contributed by atoms with E-state index in [2.05, 4.69) is 5.10 Å². The number of benzene rings is 1. The van der Waals surface area contributed by atoms with E-state index in [1.54, 1.807) is 28.8 Å². The van der Waals surface area contributed by atoms with Crippen molar-refractivity contribution >= 4 is 5.91 Å². The van der Waals surface area contributed by atoms with E-state index in [9.17, 15) is 18.0 Å². The molecule has 1 aromatic carbocycles. The van der Waals surface area contributed by atoms with Crippen molar-refractivity contribution in [3.63, 3.8) is 0 Å². The Morgan fingerprint density at radius 2 is 2.12 bits per heavy atom. The number of morpholine rings is 1. The molecule has 1 amide bonds. The largest absolute Gasteiger partial charge is 0.416 e. The van der Waals surface area contributed by atoms with Crippen LogP contribution >= 0.6 is 0 Å². The molecule has 1 aromatic heterocycles. The lowest BCUT2D eigenvalue weighted by molar-refractivity contribution is -0.137. The molecule has 0 saturated carbocycles. The number of halogens is 3. The number of alkyl halides is 3. The smallest absolute Gasteiger partial charge is 0.374 e. The zero-order chi connectivity index (χ0) is 18.9. The maximum absolute atomic E-state index is 12.8. The zero-order valence-electron chi connectivity index (χ0n) is 14.6. The first-order valence-corrected chi connectivity index (χ1v) is 8.31. The summed E-state index contributed by atoms with van der Waals surface area (Å²) >= 11 is 0. The van der Waals surface area contributed by atoms with Gasteiger partial charge in [0, 0.05) is 32.3 Å². The van der Waals surface area contributed by atoms with Gasteiger partial charge in [0.15, 0.2) is 5.69 Å². The molecule has 1 fully saturated rings. The molecule has 1 aliphatic heterocycles. The highest BCUT2D eigenvalue weighted by atomic mass is 19.4. The number of ether oxygens (including phenoxy) is 1. The lowest BCUT2D eigenvalue weighted by atomic mass is 10.0. The lowest BCUT2D eigenvalue weighted by Gasteiger charge is -2.32. The molecule has 1 atom stereocenters. The third-order valence-electron chi connectivity index (χ3n) is 4.48. The lowest BCUT2D eigenvalue weighted by Crippen LogP contribution is -2.46. The van der Waals surface area contributed by atoms with Crippen LogP contribution in [-0.4, -0.2) is 46.4 Å². The fraction of sp³-hybridized carbons (Fsp3) is 0.444. The molecule has 140 valence electrons. The molecule has 0 aliphatic carbocycles. The van der Waals surface area contributed by atoms with Gasteiger partial charge in [0.2, 0.25) is 0 Å². The Hall–Kier alpha value is -2.35. The number of hydrogen-bond donors (Lipinski definition) is 0. The number of aryl methyl sites for hydroxylation is 2. The monoisotopic (exact) mass is 367 g/mol. The van der Waals surface area contributed by atoms with Crippen LogP contribution in [0.4, 0.5) is 13.2 Å². The number of amides is 1. The Morgan fingerprint density at radius 1 is 1.35 bits per heavy atom. The van der Waals surface area contributed by atoms with E-state index in [-0.39, 0.29) is 12.0 Å². The summed E-state index contributed by atoms with van der Waals surface area (Å²) in [7, 11) is 1.77. The SMILES string of the molecule is Cc1cc(C(=O)N2CCOC(Cc3cccc(C(F)(F)F)c3)C2)nn1C. The summed E-state index contributed by atoms with van der Waals surface area (Å²) in [6.45, 7) is 2.97. The van der Waals surface area contributed by atoms with Crippen molar-refractivity contribution in [2.75, 3.05) is 19.7 Å². The Kier molecular flexibility index (Phi) is 5.04. The van der Waals surface area contributed by atoms with Gasteiger partial charge in [0.25, 0.3) is 5.91 Å². The van der Waals surface area contributed by atoms with Crippen LogP contribution in [-0.2, 0) is 24.4 Å². The number of hydrogen-bond acceptors (Lipinski definition) is 3. The maximum atomic E-state index is 12.8. The van der Waals surface area contributed by atoms with Crippen LogP contribution in [0.2, 0.25) is 0 Å². The predicted molar refractivity (Wildman–Crippen MR) is 88.7 cm³/mol. The molecule has 0 spiro atoms. The molecule has 26 heavy (non-hydrogen) atoms. The highest BCUT2D eigenvalue weighted by Crippen LogP contribution is 2.30. The molecule has 1 unspecified atom stereocenters. The number of carbonyl (C=O) groups excluding carboxylic acids is 1. The van der Waals surface area contributed by atoms with Crippen LogP contribution in [0.25, 0.3) is 0 Å². The molecule has 3 rings (SSSR count). The minimum Gasteiger partial charge on any atom is -0.374 e. The molecule has 1 aliphatic rings. The molecule has 5 nitrogen and oxygen atoms in total. The van der Waals surface area contributed by atoms with E-state index in [1.807, 2.05) is 6.92 Å². The number of rotatable bonds is 3. The highest BCUT2D eigenvalue weighted by molar-refractivity contribution is 5.92. The van der Waals surface area contributed by atoms with Crippen molar-refractivity contribution in [1.82, 2.24) is 14.7 Å². The summed E-state index contributed by atoms with van der Waals surface area (Å²) < 4.78 is 45.8. The normalized spacial score (nSPS) is 18.2. The molecule has 1 saturated heterocycles. The van der Waals surface area contributed by atoms with Crippen LogP contribution < -0.4 is 0 Å². The van der Waals surface area contributed by atoms with Crippen molar-refractivity contribution in [1.29, 1.82) is 0 Å². The summed E-state index contributed by atoms with van der Waals surface area (Å²) in [5.41, 5.74) is 1.10. The average Bonchev–Trinajstić information content (AvgIpc) is 2.93. The van der Waals surface area contributed by atoms with Gasteiger partial charge in [-0.15, -0.1) is 0 Å². The molecular formula is C18H20F3N3O2. The highest BCUT2D eigenvalue weighted by Gasteiger charge is 2.31. The van der Waals surface area contributed by atoms with Gasteiger partial charge in [0.1, 0.15) is 0 Å². The minimum absolute atomic E-state index is 0.189. The molecule has 8 heteroatoms.